The molecule has 3 amide bonds. The van der Waals surface area contributed by atoms with Gasteiger partial charge in [0.2, 0.25) is 17.7 Å². The summed E-state index contributed by atoms with van der Waals surface area (Å²) in [6.45, 7) is 0.483. The first-order valence-corrected chi connectivity index (χ1v) is 3.73. The molecule has 0 aromatic rings. The first-order valence-electron chi connectivity index (χ1n) is 3.73. The molecule has 0 aromatic heterocycles. The van der Waals surface area contributed by atoms with E-state index in [2.05, 4.69) is 0 Å². The minimum Gasteiger partial charge on any atom is -0.370 e. The Bertz CT molecular complexity index is 237. The third kappa shape index (κ3) is 1.81. The van der Waals surface area contributed by atoms with Gasteiger partial charge in [0.25, 0.3) is 0 Å². The van der Waals surface area contributed by atoms with Crippen LogP contribution in [0.25, 0.3) is 0 Å². The maximum absolute atomic E-state index is 11.0. The van der Waals surface area contributed by atoms with Crippen LogP contribution in [0.3, 0.4) is 0 Å². The second kappa shape index (κ2) is 3.34. The zero-order valence-corrected chi connectivity index (χ0v) is 6.58. The number of hydrogen-bond acceptors (Lipinski definition) is 3. The van der Waals surface area contributed by atoms with Crippen LogP contribution < -0.4 is 5.73 Å². The molecule has 0 aliphatic carbocycles. The molecule has 0 saturated carbocycles. The van der Waals surface area contributed by atoms with E-state index >= 15 is 0 Å². The smallest absolute Gasteiger partial charge is 0.230 e. The molecule has 5 nitrogen and oxygen atoms in total. The zero-order chi connectivity index (χ0) is 9.14. The lowest BCUT2D eigenvalue weighted by Crippen LogP contribution is -2.47. The van der Waals surface area contributed by atoms with Crippen LogP contribution >= 0.6 is 0 Å². The summed E-state index contributed by atoms with van der Waals surface area (Å²) in [5, 5.41) is 0. The van der Waals surface area contributed by atoms with Crippen LogP contribution in [0.5, 0.6) is 0 Å². The molecule has 1 heterocycles. The Kier molecular flexibility index (Phi) is 2.42. The van der Waals surface area contributed by atoms with Crippen LogP contribution in [0, 0.1) is 0 Å². The molecule has 12 heavy (non-hydrogen) atoms. The Morgan fingerprint density at radius 1 is 1.42 bits per heavy atom. The van der Waals surface area contributed by atoms with E-state index in [1.165, 1.54) is 0 Å². The van der Waals surface area contributed by atoms with Crippen molar-refractivity contribution >= 4 is 17.7 Å². The summed E-state index contributed by atoms with van der Waals surface area (Å²) in [5.41, 5.74) is 4.84. The third-order valence-corrected chi connectivity index (χ3v) is 1.74. The Balaban J connectivity index is 2.29. The predicted molar refractivity (Wildman–Crippen MR) is 39.8 cm³/mol. The molecule has 1 rings (SSSR count). The fraction of sp³-hybridized carbons (Fsp3) is 0.571. The van der Waals surface area contributed by atoms with Crippen LogP contribution in [-0.4, -0.2) is 29.2 Å². The standard InChI is InChI=1S/C7H10N2O3/c8-5(10)1-2-6(11)9-4-3-7(9)12/h1-4H2,(H2,8,10). The summed E-state index contributed by atoms with van der Waals surface area (Å²) in [7, 11) is 0. The predicted octanol–water partition coefficient (Wildman–Crippen LogP) is -0.989. The molecule has 0 aromatic carbocycles. The molecule has 0 radical (unpaired) electrons. The Morgan fingerprint density at radius 2 is 2.08 bits per heavy atom. The van der Waals surface area contributed by atoms with Crippen LogP contribution in [0.1, 0.15) is 19.3 Å². The number of carbonyl (C=O) groups excluding carboxylic acids is 3. The third-order valence-electron chi connectivity index (χ3n) is 1.74. The first-order chi connectivity index (χ1) is 5.61. The minimum atomic E-state index is -0.517. The van der Waals surface area contributed by atoms with Crippen molar-refractivity contribution in [3.05, 3.63) is 0 Å². The van der Waals surface area contributed by atoms with Crippen molar-refractivity contribution in [3.8, 4) is 0 Å². The minimum absolute atomic E-state index is 0.0165. The molecule has 66 valence electrons. The number of likely N-dealkylation sites (tertiary alicyclic amines) is 1. The van der Waals surface area contributed by atoms with E-state index in [0.29, 0.717) is 13.0 Å². The van der Waals surface area contributed by atoms with Gasteiger partial charge >= 0.3 is 0 Å². The number of rotatable bonds is 3. The summed E-state index contributed by atoms with van der Waals surface area (Å²) >= 11 is 0. The van der Waals surface area contributed by atoms with Crippen molar-refractivity contribution in [2.24, 2.45) is 5.73 Å². The van der Waals surface area contributed by atoms with Gasteiger partial charge in [-0.2, -0.15) is 0 Å². The molecule has 0 unspecified atom stereocenters. The normalized spacial score (nSPS) is 15.7. The van der Waals surface area contributed by atoms with Crippen LogP contribution in [0.2, 0.25) is 0 Å². The highest BCUT2D eigenvalue weighted by molar-refractivity contribution is 6.00. The van der Waals surface area contributed by atoms with Gasteiger partial charge in [-0.15, -0.1) is 0 Å². The van der Waals surface area contributed by atoms with Crippen LogP contribution in [-0.2, 0) is 14.4 Å². The number of amides is 3. The highest BCUT2D eigenvalue weighted by Crippen LogP contribution is 2.10. The average Bonchev–Trinajstić information content (AvgIpc) is 1.98. The van der Waals surface area contributed by atoms with E-state index in [4.69, 9.17) is 5.73 Å². The molecule has 1 aliphatic rings. The number of nitrogens with two attached hydrogens (primary N) is 1. The van der Waals surface area contributed by atoms with E-state index in [1.54, 1.807) is 0 Å². The van der Waals surface area contributed by atoms with Gasteiger partial charge in [-0.1, -0.05) is 0 Å². The molecule has 0 atom stereocenters. The Hall–Kier alpha value is -1.39. The van der Waals surface area contributed by atoms with E-state index in [9.17, 15) is 14.4 Å². The lowest BCUT2D eigenvalue weighted by molar-refractivity contribution is -0.152. The molecular weight excluding hydrogens is 160 g/mol. The maximum Gasteiger partial charge on any atom is 0.230 e. The van der Waals surface area contributed by atoms with E-state index in [1.807, 2.05) is 0 Å². The highest BCUT2D eigenvalue weighted by Gasteiger charge is 2.29. The average molecular weight is 170 g/mol. The lowest BCUT2D eigenvalue weighted by Gasteiger charge is -2.28. The van der Waals surface area contributed by atoms with Gasteiger partial charge in [0.1, 0.15) is 0 Å². The van der Waals surface area contributed by atoms with Crippen molar-refractivity contribution in [2.45, 2.75) is 19.3 Å². The molecule has 0 spiro atoms. The molecular formula is C7H10N2O3. The van der Waals surface area contributed by atoms with Gasteiger partial charge in [0.15, 0.2) is 0 Å². The van der Waals surface area contributed by atoms with Gasteiger partial charge in [-0.3, -0.25) is 19.3 Å². The Morgan fingerprint density at radius 3 is 2.42 bits per heavy atom. The zero-order valence-electron chi connectivity index (χ0n) is 6.58. The number of primary amides is 1. The quantitative estimate of drug-likeness (QED) is 0.552. The summed E-state index contributed by atoms with van der Waals surface area (Å²) in [6, 6.07) is 0. The molecule has 1 fully saturated rings. The number of hydrogen-bond donors (Lipinski definition) is 1. The topological polar surface area (TPSA) is 80.5 Å². The molecule has 2 N–H and O–H groups in total. The van der Waals surface area contributed by atoms with E-state index in [-0.39, 0.29) is 24.7 Å². The monoisotopic (exact) mass is 170 g/mol. The maximum atomic E-state index is 11.0. The summed E-state index contributed by atoms with van der Waals surface area (Å²) in [4.78, 5) is 33.2. The highest BCUT2D eigenvalue weighted by atomic mass is 16.2. The lowest BCUT2D eigenvalue weighted by atomic mass is 10.1. The molecule has 5 heteroatoms. The van der Waals surface area contributed by atoms with Gasteiger partial charge in [0, 0.05) is 25.8 Å². The second-order valence-corrected chi connectivity index (χ2v) is 2.66. The van der Waals surface area contributed by atoms with E-state index in [0.717, 1.165) is 4.90 Å². The Labute approximate surface area is 69.5 Å². The summed E-state index contributed by atoms with van der Waals surface area (Å²) in [6.07, 6.45) is 0.492. The first kappa shape index (κ1) is 8.70. The van der Waals surface area contributed by atoms with Gasteiger partial charge < -0.3 is 5.73 Å². The SMILES string of the molecule is NC(=O)CCC(=O)N1CCC1=O. The van der Waals surface area contributed by atoms with Gasteiger partial charge in [-0.05, 0) is 0 Å². The van der Waals surface area contributed by atoms with Crippen molar-refractivity contribution in [1.29, 1.82) is 0 Å². The van der Waals surface area contributed by atoms with Crippen molar-refractivity contribution in [2.75, 3.05) is 6.54 Å². The van der Waals surface area contributed by atoms with Gasteiger partial charge in [-0.25, -0.2) is 0 Å². The van der Waals surface area contributed by atoms with Crippen LogP contribution in [0.15, 0.2) is 0 Å². The molecule has 1 aliphatic heterocycles. The second-order valence-electron chi connectivity index (χ2n) is 2.66. The summed E-state index contributed by atoms with van der Waals surface area (Å²) < 4.78 is 0. The van der Waals surface area contributed by atoms with Crippen molar-refractivity contribution in [1.82, 2.24) is 4.90 Å². The fourth-order valence-corrected chi connectivity index (χ4v) is 0.944. The van der Waals surface area contributed by atoms with E-state index < -0.39 is 5.91 Å². The van der Waals surface area contributed by atoms with Crippen molar-refractivity contribution < 1.29 is 14.4 Å². The summed E-state index contributed by atoms with van der Waals surface area (Å²) in [5.74, 6) is -0.981. The number of imide groups is 1. The molecule has 0 bridgehead atoms. The number of carbonyl (C=O) groups is 3. The van der Waals surface area contributed by atoms with Gasteiger partial charge in [0.05, 0.1) is 0 Å². The molecule has 1 saturated heterocycles. The van der Waals surface area contributed by atoms with Crippen molar-refractivity contribution in [3.63, 3.8) is 0 Å². The number of nitrogens with zero attached hydrogens (tertiary/aromatic N) is 1. The fourth-order valence-electron chi connectivity index (χ4n) is 0.944. The largest absolute Gasteiger partial charge is 0.370 e. The number of β-lactam (4-membered cyclic amide) rings is 1. The van der Waals surface area contributed by atoms with Crippen LogP contribution in [0.4, 0.5) is 0 Å².